The lowest BCUT2D eigenvalue weighted by atomic mass is 10.3. The summed E-state index contributed by atoms with van der Waals surface area (Å²) in [4.78, 5) is 12.0. The van der Waals surface area contributed by atoms with Crippen molar-refractivity contribution in [3.63, 3.8) is 0 Å². The Labute approximate surface area is 151 Å². The molecule has 1 heterocycles. The lowest BCUT2D eigenvalue weighted by Gasteiger charge is -2.11. The number of hydrogen-bond donors (Lipinski definition) is 1. The van der Waals surface area contributed by atoms with E-state index in [-0.39, 0.29) is 5.91 Å². The highest BCUT2D eigenvalue weighted by Crippen LogP contribution is 2.38. The topological polar surface area (TPSA) is 78.3 Å². The van der Waals surface area contributed by atoms with Gasteiger partial charge in [-0.2, -0.15) is 0 Å². The summed E-state index contributed by atoms with van der Waals surface area (Å²) in [6, 6.07) is 7.94. The Bertz CT molecular complexity index is 730. The van der Waals surface area contributed by atoms with Crippen molar-refractivity contribution in [3.05, 3.63) is 30.1 Å². The summed E-state index contributed by atoms with van der Waals surface area (Å²) in [5, 5.41) is 11.9. The van der Waals surface area contributed by atoms with E-state index >= 15 is 0 Å². The van der Waals surface area contributed by atoms with Crippen LogP contribution in [0.5, 0.6) is 11.5 Å². The van der Waals surface area contributed by atoms with E-state index in [1.807, 2.05) is 31.2 Å². The zero-order chi connectivity index (χ0) is 17.6. The number of rotatable bonds is 9. The van der Waals surface area contributed by atoms with Crippen LogP contribution >= 0.6 is 11.8 Å². The maximum atomic E-state index is 12.0. The molecular formula is C17H22N4O3S. The Morgan fingerprint density at radius 1 is 1.32 bits per heavy atom. The third kappa shape index (κ3) is 4.66. The fourth-order valence-electron chi connectivity index (χ4n) is 2.47. The van der Waals surface area contributed by atoms with E-state index in [1.54, 1.807) is 7.11 Å². The highest BCUT2D eigenvalue weighted by molar-refractivity contribution is 7.99. The van der Waals surface area contributed by atoms with Crippen LogP contribution in [0, 0.1) is 6.92 Å². The van der Waals surface area contributed by atoms with Gasteiger partial charge in [0, 0.05) is 6.04 Å². The average Bonchev–Trinajstić information content (AvgIpc) is 3.40. The third-order valence-electron chi connectivity index (χ3n) is 3.83. The van der Waals surface area contributed by atoms with Crippen molar-refractivity contribution in [2.24, 2.45) is 0 Å². The van der Waals surface area contributed by atoms with E-state index in [0.717, 1.165) is 11.0 Å². The van der Waals surface area contributed by atoms with Crippen molar-refractivity contribution in [1.82, 2.24) is 20.1 Å². The summed E-state index contributed by atoms with van der Waals surface area (Å²) in [5.41, 5.74) is 0. The minimum absolute atomic E-state index is 0.0448. The van der Waals surface area contributed by atoms with Gasteiger partial charge in [0.15, 0.2) is 16.7 Å². The molecular weight excluding hydrogens is 340 g/mol. The fraction of sp³-hybridized carbons (Fsp3) is 0.471. The molecule has 1 saturated carbocycles. The van der Waals surface area contributed by atoms with Crippen LogP contribution in [-0.4, -0.2) is 46.7 Å². The molecule has 0 saturated heterocycles. The maximum Gasteiger partial charge on any atom is 0.230 e. The van der Waals surface area contributed by atoms with Gasteiger partial charge in [0.05, 0.1) is 19.4 Å². The molecule has 3 rings (SSSR count). The molecule has 0 radical (unpaired) electrons. The number of thioether (sulfide) groups is 1. The smallest absolute Gasteiger partial charge is 0.230 e. The molecule has 1 fully saturated rings. The number of carbonyl (C=O) groups is 1. The largest absolute Gasteiger partial charge is 0.493 e. The van der Waals surface area contributed by atoms with Crippen LogP contribution in [0.1, 0.15) is 24.7 Å². The van der Waals surface area contributed by atoms with Crippen molar-refractivity contribution in [1.29, 1.82) is 0 Å². The monoisotopic (exact) mass is 362 g/mol. The fourth-order valence-corrected chi connectivity index (χ4v) is 3.35. The second-order valence-corrected chi connectivity index (χ2v) is 6.71. The van der Waals surface area contributed by atoms with E-state index in [4.69, 9.17) is 9.47 Å². The minimum atomic E-state index is -0.0448. The first-order valence-corrected chi connectivity index (χ1v) is 9.24. The summed E-state index contributed by atoms with van der Waals surface area (Å²) >= 11 is 1.42. The number of carbonyl (C=O) groups excluding carboxylic acids is 1. The van der Waals surface area contributed by atoms with Gasteiger partial charge in [-0.1, -0.05) is 23.9 Å². The molecule has 0 bridgehead atoms. The number of nitrogens with zero attached hydrogens (tertiary/aromatic N) is 3. The first-order valence-electron chi connectivity index (χ1n) is 8.26. The number of amides is 1. The van der Waals surface area contributed by atoms with E-state index in [9.17, 15) is 4.79 Å². The van der Waals surface area contributed by atoms with E-state index in [2.05, 4.69) is 20.1 Å². The molecule has 7 nitrogen and oxygen atoms in total. The van der Waals surface area contributed by atoms with Crippen molar-refractivity contribution < 1.29 is 14.3 Å². The van der Waals surface area contributed by atoms with Crippen LogP contribution < -0.4 is 14.8 Å². The van der Waals surface area contributed by atoms with Gasteiger partial charge in [-0.15, -0.1) is 10.2 Å². The van der Waals surface area contributed by atoms with Crippen LogP contribution in [0.15, 0.2) is 29.4 Å². The molecule has 1 N–H and O–H groups in total. The Hall–Kier alpha value is -2.22. The number of hydrogen-bond acceptors (Lipinski definition) is 6. The number of benzene rings is 1. The number of aryl methyl sites for hydroxylation is 1. The summed E-state index contributed by atoms with van der Waals surface area (Å²) in [6.45, 7) is 2.77. The number of aromatic nitrogens is 3. The number of para-hydroxylation sites is 2. The van der Waals surface area contributed by atoms with Gasteiger partial charge in [0.25, 0.3) is 0 Å². The normalized spacial score (nSPS) is 13.5. The zero-order valence-corrected chi connectivity index (χ0v) is 15.2. The van der Waals surface area contributed by atoms with Crippen LogP contribution in [-0.2, 0) is 4.79 Å². The quantitative estimate of drug-likeness (QED) is 0.544. The molecule has 0 aliphatic heterocycles. The first kappa shape index (κ1) is 17.6. The van der Waals surface area contributed by atoms with Crippen molar-refractivity contribution in [2.45, 2.75) is 31.0 Å². The van der Waals surface area contributed by atoms with Gasteiger partial charge >= 0.3 is 0 Å². The molecule has 1 aliphatic carbocycles. The number of ether oxygens (including phenoxy) is 2. The average molecular weight is 362 g/mol. The molecule has 25 heavy (non-hydrogen) atoms. The number of methoxy groups -OCH3 is 1. The summed E-state index contributed by atoms with van der Waals surface area (Å²) in [5.74, 6) is 2.53. The molecule has 1 aromatic carbocycles. The van der Waals surface area contributed by atoms with Gasteiger partial charge in [0.2, 0.25) is 5.91 Å². The minimum Gasteiger partial charge on any atom is -0.493 e. The van der Waals surface area contributed by atoms with Gasteiger partial charge < -0.3 is 19.4 Å². The Morgan fingerprint density at radius 2 is 2.08 bits per heavy atom. The SMILES string of the molecule is COc1ccccc1OCCNC(=O)CSc1nnc(C)n1C1CC1. The molecule has 134 valence electrons. The Morgan fingerprint density at radius 3 is 2.80 bits per heavy atom. The second kappa shape index (κ2) is 8.24. The summed E-state index contributed by atoms with van der Waals surface area (Å²) in [6.07, 6.45) is 2.33. The Kier molecular flexibility index (Phi) is 5.80. The van der Waals surface area contributed by atoms with Crippen LogP contribution in [0.25, 0.3) is 0 Å². The zero-order valence-electron chi connectivity index (χ0n) is 14.4. The van der Waals surface area contributed by atoms with Crippen molar-refractivity contribution in [2.75, 3.05) is 26.0 Å². The van der Waals surface area contributed by atoms with Crippen LogP contribution in [0.4, 0.5) is 0 Å². The Balaban J connectivity index is 1.39. The van der Waals surface area contributed by atoms with Crippen LogP contribution in [0.3, 0.4) is 0 Å². The molecule has 0 spiro atoms. The van der Waals surface area contributed by atoms with E-state index in [0.29, 0.717) is 36.4 Å². The predicted molar refractivity (Wildman–Crippen MR) is 95.3 cm³/mol. The third-order valence-corrected chi connectivity index (χ3v) is 4.77. The molecule has 0 unspecified atom stereocenters. The van der Waals surface area contributed by atoms with E-state index in [1.165, 1.54) is 24.6 Å². The molecule has 0 atom stereocenters. The van der Waals surface area contributed by atoms with Crippen molar-refractivity contribution in [3.8, 4) is 11.5 Å². The van der Waals surface area contributed by atoms with Crippen LogP contribution in [0.2, 0.25) is 0 Å². The van der Waals surface area contributed by atoms with Gasteiger partial charge in [-0.3, -0.25) is 4.79 Å². The lowest BCUT2D eigenvalue weighted by Crippen LogP contribution is -2.29. The van der Waals surface area contributed by atoms with Gasteiger partial charge in [-0.25, -0.2) is 0 Å². The molecule has 1 aliphatic rings. The molecule has 8 heteroatoms. The maximum absolute atomic E-state index is 12.0. The predicted octanol–water partition coefficient (Wildman–Crippen LogP) is 2.22. The standard InChI is InChI=1S/C17H22N4O3S/c1-12-19-20-17(21(12)13-7-8-13)25-11-16(22)18-9-10-24-15-6-4-3-5-14(15)23-2/h3-6,13H,7-11H2,1-2H3,(H,18,22). The summed E-state index contributed by atoms with van der Waals surface area (Å²) < 4.78 is 13.0. The lowest BCUT2D eigenvalue weighted by molar-refractivity contribution is -0.118. The molecule has 2 aromatic rings. The van der Waals surface area contributed by atoms with Gasteiger partial charge in [0.1, 0.15) is 12.4 Å². The second-order valence-electron chi connectivity index (χ2n) is 5.77. The van der Waals surface area contributed by atoms with E-state index < -0.39 is 0 Å². The number of nitrogens with one attached hydrogen (secondary N) is 1. The summed E-state index contributed by atoms with van der Waals surface area (Å²) in [7, 11) is 1.60. The molecule has 1 aromatic heterocycles. The first-order chi connectivity index (χ1) is 12.2. The van der Waals surface area contributed by atoms with Crippen molar-refractivity contribution >= 4 is 17.7 Å². The molecule has 1 amide bonds. The highest BCUT2D eigenvalue weighted by atomic mass is 32.2. The van der Waals surface area contributed by atoms with Gasteiger partial charge in [-0.05, 0) is 31.9 Å². The highest BCUT2D eigenvalue weighted by Gasteiger charge is 2.28.